The van der Waals surface area contributed by atoms with Crippen LogP contribution >= 0.6 is 11.3 Å². The smallest absolute Gasteiger partial charge is 0.433 e. The molecule has 26 heavy (non-hydrogen) atoms. The van der Waals surface area contributed by atoms with Crippen molar-refractivity contribution in [1.29, 1.82) is 0 Å². The van der Waals surface area contributed by atoms with E-state index < -0.39 is 11.9 Å². The molecule has 4 rings (SSSR count). The van der Waals surface area contributed by atoms with Crippen molar-refractivity contribution in [2.24, 2.45) is 0 Å². The lowest BCUT2D eigenvalue weighted by Crippen LogP contribution is -2.56. The lowest BCUT2D eigenvalue weighted by Gasteiger charge is -2.38. The largest absolute Gasteiger partial charge is 0.471 e. The molecule has 1 amide bonds. The number of likely N-dealkylation sites (tertiary alicyclic amines) is 1. The van der Waals surface area contributed by atoms with Crippen molar-refractivity contribution in [1.82, 2.24) is 9.88 Å². The fourth-order valence-electron chi connectivity index (χ4n) is 2.73. The van der Waals surface area contributed by atoms with Gasteiger partial charge in [0.25, 0.3) is 5.91 Å². The number of thiophene rings is 1. The summed E-state index contributed by atoms with van der Waals surface area (Å²) in [6.45, 7) is 0.649. The molecule has 2 aromatic heterocycles. The number of amides is 1. The standard InChI is InChI=1S/C18H13F3N2O2S/c19-18(20,21)15-6-3-7-16(22-15)25-12-9-23(10-12)17(24)14-8-11-4-1-2-5-13(11)26-14/h1-8,12H,9-10H2. The maximum atomic E-state index is 12.7. The molecule has 0 atom stereocenters. The van der Waals surface area contributed by atoms with Gasteiger partial charge >= 0.3 is 6.18 Å². The normalized spacial score (nSPS) is 15.1. The summed E-state index contributed by atoms with van der Waals surface area (Å²) in [5.41, 5.74) is -0.993. The molecule has 3 aromatic rings. The minimum atomic E-state index is -4.51. The van der Waals surface area contributed by atoms with E-state index in [0.29, 0.717) is 18.0 Å². The molecule has 0 saturated carbocycles. The second kappa shape index (κ2) is 6.28. The molecule has 1 aliphatic heterocycles. The van der Waals surface area contributed by atoms with Crippen LogP contribution < -0.4 is 4.74 Å². The predicted molar refractivity (Wildman–Crippen MR) is 91.4 cm³/mol. The molecule has 0 N–H and O–H groups in total. The summed E-state index contributed by atoms with van der Waals surface area (Å²) in [4.78, 5) is 18.2. The molecule has 1 fully saturated rings. The van der Waals surface area contributed by atoms with Gasteiger partial charge in [-0.3, -0.25) is 4.79 Å². The average molecular weight is 378 g/mol. The molecular formula is C18H13F3N2O2S. The van der Waals surface area contributed by atoms with E-state index in [1.54, 1.807) is 4.90 Å². The Balaban J connectivity index is 1.39. The van der Waals surface area contributed by atoms with Gasteiger partial charge in [0.15, 0.2) is 0 Å². The third-order valence-electron chi connectivity index (χ3n) is 4.07. The maximum absolute atomic E-state index is 12.7. The van der Waals surface area contributed by atoms with E-state index >= 15 is 0 Å². The van der Waals surface area contributed by atoms with E-state index in [9.17, 15) is 18.0 Å². The van der Waals surface area contributed by atoms with Crippen molar-refractivity contribution in [3.05, 3.63) is 59.1 Å². The summed E-state index contributed by atoms with van der Waals surface area (Å²) in [7, 11) is 0. The van der Waals surface area contributed by atoms with E-state index in [0.717, 1.165) is 16.2 Å². The number of pyridine rings is 1. The van der Waals surface area contributed by atoms with Crippen LogP contribution in [0.3, 0.4) is 0 Å². The number of ether oxygens (including phenoxy) is 1. The van der Waals surface area contributed by atoms with Crippen molar-refractivity contribution < 1.29 is 22.7 Å². The number of aromatic nitrogens is 1. The number of hydrogen-bond acceptors (Lipinski definition) is 4. The van der Waals surface area contributed by atoms with Gasteiger partial charge in [0.2, 0.25) is 5.88 Å². The Morgan fingerprint density at radius 1 is 1.15 bits per heavy atom. The van der Waals surface area contributed by atoms with Gasteiger partial charge in [0, 0.05) is 10.8 Å². The highest BCUT2D eigenvalue weighted by atomic mass is 32.1. The fourth-order valence-corrected chi connectivity index (χ4v) is 3.76. The quantitative estimate of drug-likeness (QED) is 0.685. The van der Waals surface area contributed by atoms with Gasteiger partial charge in [-0.25, -0.2) is 4.98 Å². The number of carbonyl (C=O) groups excluding carboxylic acids is 1. The Hall–Kier alpha value is -2.61. The van der Waals surface area contributed by atoms with Gasteiger partial charge in [0.1, 0.15) is 11.8 Å². The van der Waals surface area contributed by atoms with Gasteiger partial charge < -0.3 is 9.64 Å². The van der Waals surface area contributed by atoms with Crippen LogP contribution in [0.4, 0.5) is 13.2 Å². The SMILES string of the molecule is O=C(c1cc2ccccc2s1)N1CC(Oc2cccc(C(F)(F)F)n2)C1. The van der Waals surface area contributed by atoms with Gasteiger partial charge in [-0.2, -0.15) is 13.2 Å². The first-order chi connectivity index (χ1) is 12.4. The summed E-state index contributed by atoms with van der Waals surface area (Å²) >= 11 is 1.42. The highest BCUT2D eigenvalue weighted by molar-refractivity contribution is 7.20. The number of halogens is 3. The summed E-state index contributed by atoms with van der Waals surface area (Å²) in [6, 6.07) is 13.1. The number of fused-ring (bicyclic) bond motifs is 1. The number of benzene rings is 1. The molecule has 1 aliphatic rings. The second-order valence-corrected chi connectivity index (χ2v) is 7.04. The van der Waals surface area contributed by atoms with Crippen LogP contribution in [0.1, 0.15) is 15.4 Å². The van der Waals surface area contributed by atoms with Crippen LogP contribution in [0.15, 0.2) is 48.5 Å². The Morgan fingerprint density at radius 2 is 1.92 bits per heavy atom. The minimum Gasteiger partial charge on any atom is -0.471 e. The maximum Gasteiger partial charge on any atom is 0.433 e. The molecule has 0 radical (unpaired) electrons. The molecule has 3 heterocycles. The minimum absolute atomic E-state index is 0.0845. The highest BCUT2D eigenvalue weighted by Gasteiger charge is 2.35. The van der Waals surface area contributed by atoms with Crippen LogP contribution in [0.25, 0.3) is 10.1 Å². The van der Waals surface area contributed by atoms with E-state index in [2.05, 4.69) is 4.98 Å². The molecule has 0 spiro atoms. The first-order valence-electron chi connectivity index (χ1n) is 7.89. The molecule has 4 nitrogen and oxygen atoms in total. The first kappa shape index (κ1) is 16.8. The summed E-state index contributed by atoms with van der Waals surface area (Å²) in [5, 5.41) is 1.02. The summed E-state index contributed by atoms with van der Waals surface area (Å²) < 4.78 is 44.5. The molecule has 0 aliphatic carbocycles. The van der Waals surface area contributed by atoms with Crippen molar-refractivity contribution in [2.75, 3.05) is 13.1 Å². The van der Waals surface area contributed by atoms with E-state index in [1.807, 2.05) is 30.3 Å². The van der Waals surface area contributed by atoms with Crippen molar-refractivity contribution in [3.63, 3.8) is 0 Å². The topological polar surface area (TPSA) is 42.4 Å². The fraction of sp³-hybridized carbons (Fsp3) is 0.222. The second-order valence-electron chi connectivity index (χ2n) is 5.96. The van der Waals surface area contributed by atoms with Crippen LogP contribution in [-0.4, -0.2) is 35.0 Å². The number of carbonyl (C=O) groups is 1. The zero-order chi connectivity index (χ0) is 18.3. The lowest BCUT2D eigenvalue weighted by molar-refractivity contribution is -0.141. The highest BCUT2D eigenvalue weighted by Crippen LogP contribution is 2.30. The van der Waals surface area contributed by atoms with Gasteiger partial charge in [-0.1, -0.05) is 24.3 Å². The third-order valence-corrected chi connectivity index (χ3v) is 5.18. The monoisotopic (exact) mass is 378 g/mol. The summed E-state index contributed by atoms with van der Waals surface area (Å²) in [6.07, 6.45) is -4.87. The number of rotatable bonds is 3. The Labute approximate surface area is 150 Å². The Kier molecular flexibility index (Phi) is 4.07. The van der Waals surface area contributed by atoms with Crippen LogP contribution in [0.2, 0.25) is 0 Å². The molecule has 8 heteroatoms. The Morgan fingerprint density at radius 3 is 2.65 bits per heavy atom. The Bertz CT molecular complexity index is 931. The lowest BCUT2D eigenvalue weighted by atomic mass is 10.1. The van der Waals surface area contributed by atoms with Crippen LogP contribution in [0.5, 0.6) is 5.88 Å². The summed E-state index contributed by atoms with van der Waals surface area (Å²) in [5.74, 6) is -0.179. The first-order valence-corrected chi connectivity index (χ1v) is 8.70. The number of hydrogen-bond donors (Lipinski definition) is 0. The van der Waals surface area contributed by atoms with Crippen molar-refractivity contribution in [2.45, 2.75) is 12.3 Å². The predicted octanol–water partition coefficient (Wildman–Crippen LogP) is 4.22. The van der Waals surface area contributed by atoms with Crippen molar-refractivity contribution >= 4 is 27.3 Å². The molecule has 134 valence electrons. The van der Waals surface area contributed by atoms with Gasteiger partial charge in [-0.15, -0.1) is 11.3 Å². The molecule has 0 bridgehead atoms. The van der Waals surface area contributed by atoms with Crippen LogP contribution in [-0.2, 0) is 6.18 Å². The van der Waals surface area contributed by atoms with Gasteiger partial charge in [-0.05, 0) is 23.6 Å². The van der Waals surface area contributed by atoms with E-state index in [-0.39, 0.29) is 17.9 Å². The number of alkyl halides is 3. The molecular weight excluding hydrogens is 365 g/mol. The van der Waals surface area contributed by atoms with E-state index in [1.165, 1.54) is 23.5 Å². The average Bonchev–Trinajstić information content (AvgIpc) is 3.01. The molecule has 1 saturated heterocycles. The van der Waals surface area contributed by atoms with E-state index in [4.69, 9.17) is 4.74 Å². The van der Waals surface area contributed by atoms with Crippen molar-refractivity contribution in [3.8, 4) is 5.88 Å². The van der Waals surface area contributed by atoms with Gasteiger partial charge in [0.05, 0.1) is 18.0 Å². The zero-order valence-electron chi connectivity index (χ0n) is 13.4. The molecule has 0 unspecified atom stereocenters. The third kappa shape index (κ3) is 3.24. The molecule has 1 aromatic carbocycles. The zero-order valence-corrected chi connectivity index (χ0v) is 14.2. The van der Waals surface area contributed by atoms with Crippen LogP contribution in [0, 0.1) is 0 Å². The number of nitrogens with zero attached hydrogens (tertiary/aromatic N) is 2.